The zero-order valence-corrected chi connectivity index (χ0v) is 14.0. The number of aromatic nitrogens is 1. The molecule has 1 aromatic heterocycles. The Labute approximate surface area is 148 Å². The van der Waals surface area contributed by atoms with Crippen molar-refractivity contribution in [2.45, 2.75) is 11.4 Å². The Morgan fingerprint density at radius 2 is 1.84 bits per heavy atom. The van der Waals surface area contributed by atoms with E-state index in [9.17, 15) is 15.3 Å². The number of rotatable bonds is 6. The van der Waals surface area contributed by atoms with Gasteiger partial charge in [-0.25, -0.2) is 4.98 Å². The maximum atomic E-state index is 11.2. The fourth-order valence-corrected chi connectivity index (χ4v) is 3.15. The molecule has 0 saturated heterocycles. The summed E-state index contributed by atoms with van der Waals surface area (Å²) in [6.07, 6.45) is 0.541. The Bertz CT molecular complexity index is 882. The van der Waals surface area contributed by atoms with Gasteiger partial charge in [-0.15, -0.1) is 11.8 Å². The summed E-state index contributed by atoms with van der Waals surface area (Å²) in [7, 11) is 0. The fraction of sp³-hybridized carbons (Fsp3) is 0.176. The second-order valence-corrected chi connectivity index (χ2v) is 6.10. The predicted molar refractivity (Wildman–Crippen MR) is 94.5 cm³/mol. The van der Waals surface area contributed by atoms with Gasteiger partial charge in [0.25, 0.3) is 0 Å². The number of thioether (sulfide) groups is 1. The minimum Gasteiger partial charge on any atom is -0.396 e. The van der Waals surface area contributed by atoms with Crippen molar-refractivity contribution in [1.29, 1.82) is 10.5 Å². The first-order chi connectivity index (χ1) is 12.0. The lowest BCUT2D eigenvalue weighted by atomic mass is 9.96. The molecule has 1 aromatic carbocycles. The Morgan fingerprint density at radius 1 is 1.20 bits per heavy atom. The van der Waals surface area contributed by atoms with E-state index in [0.29, 0.717) is 33.9 Å². The van der Waals surface area contributed by atoms with Crippen LogP contribution in [0.1, 0.15) is 27.9 Å². The molecule has 0 spiro atoms. The molecule has 1 heterocycles. The van der Waals surface area contributed by atoms with Crippen LogP contribution < -0.4 is 11.5 Å². The summed E-state index contributed by atoms with van der Waals surface area (Å²) in [6.45, 7) is 0.0298. The van der Waals surface area contributed by atoms with E-state index in [1.165, 1.54) is 23.9 Å². The van der Waals surface area contributed by atoms with Crippen molar-refractivity contribution >= 4 is 23.5 Å². The summed E-state index contributed by atoms with van der Waals surface area (Å²) in [6, 6.07) is 10.3. The van der Waals surface area contributed by atoms with E-state index in [1.54, 1.807) is 12.1 Å². The molecule has 0 fully saturated rings. The van der Waals surface area contributed by atoms with Gasteiger partial charge < -0.3 is 16.6 Å². The third-order valence-corrected chi connectivity index (χ3v) is 4.48. The summed E-state index contributed by atoms with van der Waals surface area (Å²) in [5.74, 6) is 0.0212. The van der Waals surface area contributed by atoms with Crippen molar-refractivity contribution in [2.24, 2.45) is 5.73 Å². The van der Waals surface area contributed by atoms with Gasteiger partial charge in [0, 0.05) is 23.5 Å². The number of nitrogens with two attached hydrogens (primary N) is 2. The molecule has 25 heavy (non-hydrogen) atoms. The number of nitriles is 2. The highest BCUT2D eigenvalue weighted by Gasteiger charge is 2.20. The minimum absolute atomic E-state index is 0.0296. The monoisotopic (exact) mass is 353 g/mol. The average molecular weight is 353 g/mol. The van der Waals surface area contributed by atoms with E-state index >= 15 is 0 Å². The number of pyridine rings is 1. The second kappa shape index (κ2) is 8.15. The summed E-state index contributed by atoms with van der Waals surface area (Å²) >= 11 is 1.29. The molecule has 8 heteroatoms. The van der Waals surface area contributed by atoms with Crippen LogP contribution in [0.15, 0.2) is 29.3 Å². The molecule has 7 nitrogen and oxygen atoms in total. The molecule has 0 bridgehead atoms. The first-order valence-electron chi connectivity index (χ1n) is 7.31. The van der Waals surface area contributed by atoms with Crippen LogP contribution in [0.3, 0.4) is 0 Å². The van der Waals surface area contributed by atoms with Gasteiger partial charge in [0.1, 0.15) is 28.5 Å². The molecule has 2 aromatic rings. The largest absolute Gasteiger partial charge is 0.396 e. The van der Waals surface area contributed by atoms with Gasteiger partial charge in [0.2, 0.25) is 5.91 Å². The number of nitrogen functional groups attached to an aromatic ring is 1. The standard InChI is InChI=1S/C17H15N5O2S/c18-8-12-14(10-2-4-11(5-3-10)16(21)24)13(9-19)17(22-15(12)20)25-7-1-6-23/h2-5,23H,1,6-7H2,(H2,20,22)(H2,21,24). The number of nitrogens with zero attached hydrogens (tertiary/aromatic N) is 3. The highest BCUT2D eigenvalue weighted by molar-refractivity contribution is 7.99. The van der Waals surface area contributed by atoms with E-state index in [1.807, 2.05) is 6.07 Å². The Kier molecular flexibility index (Phi) is 5.96. The van der Waals surface area contributed by atoms with E-state index in [-0.39, 0.29) is 23.6 Å². The third-order valence-electron chi connectivity index (χ3n) is 3.41. The molecular formula is C17H15N5O2S. The van der Waals surface area contributed by atoms with Gasteiger partial charge >= 0.3 is 0 Å². The van der Waals surface area contributed by atoms with Crippen LogP contribution in [0.2, 0.25) is 0 Å². The smallest absolute Gasteiger partial charge is 0.248 e. The number of carbonyl (C=O) groups is 1. The minimum atomic E-state index is -0.568. The van der Waals surface area contributed by atoms with Crippen molar-refractivity contribution in [3.63, 3.8) is 0 Å². The van der Waals surface area contributed by atoms with Gasteiger partial charge in [-0.1, -0.05) is 12.1 Å². The average Bonchev–Trinajstić information content (AvgIpc) is 2.61. The maximum absolute atomic E-state index is 11.2. The Morgan fingerprint density at radius 3 is 2.36 bits per heavy atom. The lowest BCUT2D eigenvalue weighted by Gasteiger charge is -2.13. The number of anilines is 1. The fourth-order valence-electron chi connectivity index (χ4n) is 2.23. The Balaban J connectivity index is 2.63. The molecule has 2 rings (SSSR count). The number of aliphatic hydroxyl groups is 1. The zero-order chi connectivity index (χ0) is 18.4. The number of aliphatic hydroxyl groups excluding tert-OH is 1. The molecular weight excluding hydrogens is 338 g/mol. The third kappa shape index (κ3) is 3.89. The van der Waals surface area contributed by atoms with Crippen LogP contribution in [-0.2, 0) is 0 Å². The summed E-state index contributed by atoms with van der Waals surface area (Å²) in [4.78, 5) is 15.4. The number of hydrogen-bond donors (Lipinski definition) is 3. The van der Waals surface area contributed by atoms with Crippen LogP contribution in [0, 0.1) is 22.7 Å². The van der Waals surface area contributed by atoms with Crippen molar-refractivity contribution < 1.29 is 9.90 Å². The van der Waals surface area contributed by atoms with Gasteiger partial charge in [0.05, 0.1) is 5.56 Å². The van der Waals surface area contributed by atoms with Gasteiger partial charge in [0.15, 0.2) is 0 Å². The number of primary amides is 1. The van der Waals surface area contributed by atoms with Crippen molar-refractivity contribution in [1.82, 2.24) is 4.98 Å². The van der Waals surface area contributed by atoms with E-state index in [4.69, 9.17) is 16.6 Å². The molecule has 0 unspecified atom stereocenters. The number of amides is 1. The first kappa shape index (κ1) is 18.3. The number of benzene rings is 1. The van der Waals surface area contributed by atoms with Crippen LogP contribution in [0.4, 0.5) is 5.82 Å². The SMILES string of the molecule is N#Cc1c(N)nc(SCCCO)c(C#N)c1-c1ccc(C(N)=O)cc1. The Hall–Kier alpha value is -3.07. The lowest BCUT2D eigenvalue weighted by molar-refractivity contribution is 0.100. The van der Waals surface area contributed by atoms with Crippen LogP contribution >= 0.6 is 11.8 Å². The van der Waals surface area contributed by atoms with Gasteiger partial charge in [-0.2, -0.15) is 10.5 Å². The molecule has 126 valence electrons. The van der Waals surface area contributed by atoms with Crippen LogP contribution in [-0.4, -0.2) is 28.4 Å². The molecule has 0 saturated carbocycles. The summed E-state index contributed by atoms with van der Waals surface area (Å²) in [5.41, 5.74) is 12.7. The predicted octanol–water partition coefficient (Wildman–Crippen LogP) is 1.65. The molecule has 0 atom stereocenters. The van der Waals surface area contributed by atoms with E-state index in [2.05, 4.69) is 11.1 Å². The van der Waals surface area contributed by atoms with Crippen LogP contribution in [0.25, 0.3) is 11.1 Å². The molecule has 0 aliphatic heterocycles. The molecule has 5 N–H and O–H groups in total. The molecule has 1 amide bonds. The topological polar surface area (TPSA) is 150 Å². The maximum Gasteiger partial charge on any atom is 0.248 e. The quantitative estimate of drug-likeness (QED) is 0.527. The van der Waals surface area contributed by atoms with Crippen molar-refractivity contribution in [3.8, 4) is 23.3 Å². The van der Waals surface area contributed by atoms with Crippen molar-refractivity contribution in [2.75, 3.05) is 18.1 Å². The summed E-state index contributed by atoms with van der Waals surface area (Å²) < 4.78 is 0. The normalized spacial score (nSPS) is 10.0. The van der Waals surface area contributed by atoms with Crippen LogP contribution in [0.5, 0.6) is 0 Å². The molecule has 0 radical (unpaired) electrons. The highest BCUT2D eigenvalue weighted by atomic mass is 32.2. The van der Waals surface area contributed by atoms with Crippen molar-refractivity contribution in [3.05, 3.63) is 41.0 Å². The number of carbonyl (C=O) groups excluding carboxylic acids is 1. The number of hydrogen-bond acceptors (Lipinski definition) is 7. The van der Waals surface area contributed by atoms with E-state index < -0.39 is 5.91 Å². The molecule has 0 aliphatic rings. The first-order valence-corrected chi connectivity index (χ1v) is 8.29. The molecule has 0 aliphatic carbocycles. The highest BCUT2D eigenvalue weighted by Crippen LogP contribution is 2.35. The van der Waals surface area contributed by atoms with E-state index in [0.717, 1.165) is 0 Å². The van der Waals surface area contributed by atoms with Gasteiger partial charge in [-0.05, 0) is 24.1 Å². The zero-order valence-electron chi connectivity index (χ0n) is 13.2. The second-order valence-electron chi connectivity index (χ2n) is 5.02. The van der Waals surface area contributed by atoms with Gasteiger partial charge in [-0.3, -0.25) is 4.79 Å². The summed E-state index contributed by atoms with van der Waals surface area (Å²) in [5, 5.41) is 28.3. The lowest BCUT2D eigenvalue weighted by Crippen LogP contribution is -2.10.